The second-order valence-corrected chi connectivity index (χ2v) is 5.62. The van der Waals surface area contributed by atoms with E-state index in [0.29, 0.717) is 23.6 Å². The molecule has 0 spiro atoms. The summed E-state index contributed by atoms with van der Waals surface area (Å²) in [5.41, 5.74) is 1.52. The first kappa shape index (κ1) is 17.3. The molecule has 0 aliphatic rings. The van der Waals surface area contributed by atoms with Crippen LogP contribution in [0, 0.1) is 0 Å². The minimum absolute atomic E-state index is 0.0100. The number of aromatic amines is 1. The molecule has 6 nitrogen and oxygen atoms in total. The Hall–Kier alpha value is -3.54. The fraction of sp³-hybridized carbons (Fsp3) is 0.100. The maximum absolute atomic E-state index is 12.4. The molecule has 132 valence electrons. The van der Waals surface area contributed by atoms with Crippen molar-refractivity contribution < 1.29 is 9.53 Å². The summed E-state index contributed by atoms with van der Waals surface area (Å²) in [4.78, 5) is 24.6. The summed E-state index contributed by atoms with van der Waals surface area (Å²) in [6.45, 7) is 4.01. The minimum atomic E-state index is -0.263. The number of anilines is 1. The van der Waals surface area contributed by atoms with E-state index in [1.54, 1.807) is 36.5 Å². The van der Waals surface area contributed by atoms with Crippen molar-refractivity contribution in [2.45, 2.75) is 6.42 Å². The van der Waals surface area contributed by atoms with Crippen molar-refractivity contribution in [1.29, 1.82) is 0 Å². The summed E-state index contributed by atoms with van der Waals surface area (Å²) < 4.78 is 6.80. The number of hydrogen-bond donors (Lipinski definition) is 2. The first-order chi connectivity index (χ1) is 12.7. The molecule has 2 N–H and O–H groups in total. The van der Waals surface area contributed by atoms with E-state index >= 15 is 0 Å². The zero-order chi connectivity index (χ0) is 18.4. The van der Waals surface area contributed by atoms with Crippen molar-refractivity contribution >= 4 is 11.6 Å². The van der Waals surface area contributed by atoms with Gasteiger partial charge in [0.1, 0.15) is 12.4 Å². The molecule has 0 aliphatic carbocycles. The number of carbonyl (C=O) groups is 1. The van der Waals surface area contributed by atoms with Crippen LogP contribution in [0.2, 0.25) is 0 Å². The van der Waals surface area contributed by atoms with Crippen molar-refractivity contribution in [2.24, 2.45) is 0 Å². The van der Waals surface area contributed by atoms with Crippen LogP contribution in [-0.4, -0.2) is 22.3 Å². The van der Waals surface area contributed by atoms with Crippen LogP contribution in [0.25, 0.3) is 5.69 Å². The Morgan fingerprint density at radius 1 is 1.15 bits per heavy atom. The summed E-state index contributed by atoms with van der Waals surface area (Å²) in [6, 6.07) is 16.2. The van der Waals surface area contributed by atoms with Gasteiger partial charge in [0, 0.05) is 17.4 Å². The van der Waals surface area contributed by atoms with Gasteiger partial charge >= 0.3 is 0 Å². The van der Waals surface area contributed by atoms with Gasteiger partial charge in [-0.05, 0) is 36.4 Å². The molecule has 0 saturated carbocycles. The van der Waals surface area contributed by atoms with Gasteiger partial charge < -0.3 is 10.1 Å². The normalized spacial score (nSPS) is 10.3. The highest BCUT2D eigenvalue weighted by atomic mass is 16.5. The first-order valence-electron chi connectivity index (χ1n) is 8.15. The maximum Gasteiger partial charge on any atom is 0.274 e. The smallest absolute Gasteiger partial charge is 0.274 e. The fourth-order valence-electron chi connectivity index (χ4n) is 2.47. The fourth-order valence-corrected chi connectivity index (χ4v) is 2.47. The SMILES string of the molecule is C=CCOc1ccc(NC(=O)Cc2c[nH]n(-c3ccccc3)c2=O)cc1. The summed E-state index contributed by atoms with van der Waals surface area (Å²) in [5.74, 6) is 0.431. The van der Waals surface area contributed by atoms with Crippen molar-refractivity contribution in [3.8, 4) is 11.4 Å². The van der Waals surface area contributed by atoms with E-state index in [-0.39, 0.29) is 17.9 Å². The predicted octanol–water partition coefficient (Wildman–Crippen LogP) is 2.91. The molecule has 0 bridgehead atoms. The zero-order valence-corrected chi connectivity index (χ0v) is 14.1. The van der Waals surface area contributed by atoms with E-state index in [2.05, 4.69) is 17.0 Å². The van der Waals surface area contributed by atoms with Crippen molar-refractivity contribution in [2.75, 3.05) is 11.9 Å². The number of ether oxygens (including phenoxy) is 1. The number of H-pyrrole nitrogens is 1. The van der Waals surface area contributed by atoms with Crippen LogP contribution >= 0.6 is 0 Å². The van der Waals surface area contributed by atoms with Gasteiger partial charge in [0.25, 0.3) is 5.56 Å². The molecule has 1 heterocycles. The van der Waals surface area contributed by atoms with Gasteiger partial charge in [-0.15, -0.1) is 0 Å². The Bertz CT molecular complexity index is 940. The van der Waals surface area contributed by atoms with E-state index < -0.39 is 0 Å². The molecule has 6 heteroatoms. The number of benzene rings is 2. The van der Waals surface area contributed by atoms with E-state index in [1.165, 1.54) is 4.68 Å². The lowest BCUT2D eigenvalue weighted by Gasteiger charge is -2.06. The molecule has 1 amide bonds. The van der Waals surface area contributed by atoms with Gasteiger partial charge in [-0.2, -0.15) is 0 Å². The molecule has 0 fully saturated rings. The summed E-state index contributed by atoms with van der Waals surface area (Å²) in [7, 11) is 0. The van der Waals surface area contributed by atoms with Crippen LogP contribution in [0.15, 0.2) is 78.2 Å². The van der Waals surface area contributed by atoms with Gasteiger partial charge in [0.05, 0.1) is 12.1 Å². The van der Waals surface area contributed by atoms with Gasteiger partial charge in [0.2, 0.25) is 5.91 Å². The highest BCUT2D eigenvalue weighted by Crippen LogP contribution is 2.16. The number of nitrogens with one attached hydrogen (secondary N) is 2. The van der Waals surface area contributed by atoms with Crippen LogP contribution in [0.3, 0.4) is 0 Å². The Balaban J connectivity index is 1.64. The average molecular weight is 349 g/mol. The van der Waals surface area contributed by atoms with Crippen LogP contribution < -0.4 is 15.6 Å². The predicted molar refractivity (Wildman–Crippen MR) is 101 cm³/mol. The van der Waals surface area contributed by atoms with E-state index in [1.807, 2.05) is 30.3 Å². The van der Waals surface area contributed by atoms with Crippen LogP contribution in [0.4, 0.5) is 5.69 Å². The maximum atomic E-state index is 12.4. The van der Waals surface area contributed by atoms with Crippen molar-refractivity contribution in [3.05, 3.63) is 89.4 Å². The second kappa shape index (κ2) is 8.02. The molecule has 0 aliphatic heterocycles. The second-order valence-electron chi connectivity index (χ2n) is 5.62. The van der Waals surface area contributed by atoms with Gasteiger partial charge in [0.15, 0.2) is 0 Å². The Morgan fingerprint density at radius 3 is 2.58 bits per heavy atom. The minimum Gasteiger partial charge on any atom is -0.490 e. The largest absolute Gasteiger partial charge is 0.490 e. The lowest BCUT2D eigenvalue weighted by molar-refractivity contribution is -0.115. The average Bonchev–Trinajstić information content (AvgIpc) is 3.02. The lowest BCUT2D eigenvalue weighted by Crippen LogP contribution is -2.22. The monoisotopic (exact) mass is 349 g/mol. The molecule has 0 saturated heterocycles. The summed E-state index contributed by atoms with van der Waals surface area (Å²) in [6.07, 6.45) is 3.21. The molecule has 3 aromatic rings. The Labute approximate surface area is 150 Å². The molecule has 1 aromatic heterocycles. The molecule has 0 unspecified atom stereocenters. The molecule has 0 radical (unpaired) electrons. The standard InChI is InChI=1S/C20H19N3O3/c1-2-12-26-18-10-8-16(9-11-18)22-19(24)13-15-14-21-23(20(15)25)17-6-4-3-5-7-17/h2-11,14,21H,1,12-13H2,(H,22,24). The van der Waals surface area contributed by atoms with E-state index in [0.717, 1.165) is 5.69 Å². The number of carbonyl (C=O) groups excluding carboxylic acids is 1. The number of hydrogen-bond acceptors (Lipinski definition) is 3. The van der Waals surface area contributed by atoms with E-state index in [4.69, 9.17) is 4.74 Å². The molecule has 3 rings (SSSR count). The molecule has 0 atom stereocenters. The number of para-hydroxylation sites is 1. The van der Waals surface area contributed by atoms with Crippen molar-refractivity contribution in [1.82, 2.24) is 9.78 Å². The van der Waals surface area contributed by atoms with Crippen molar-refractivity contribution in [3.63, 3.8) is 0 Å². The topological polar surface area (TPSA) is 76.1 Å². The number of amides is 1. The van der Waals surface area contributed by atoms with Crippen LogP contribution in [0.5, 0.6) is 5.75 Å². The lowest BCUT2D eigenvalue weighted by atomic mass is 10.2. The molecule has 2 aromatic carbocycles. The summed E-state index contributed by atoms with van der Waals surface area (Å²) in [5, 5.41) is 5.66. The van der Waals surface area contributed by atoms with Crippen LogP contribution in [0.1, 0.15) is 5.56 Å². The third kappa shape index (κ3) is 4.10. The quantitative estimate of drug-likeness (QED) is 0.644. The molecular weight excluding hydrogens is 330 g/mol. The summed E-state index contributed by atoms with van der Waals surface area (Å²) >= 11 is 0. The number of rotatable bonds is 7. The van der Waals surface area contributed by atoms with Gasteiger partial charge in [-0.1, -0.05) is 30.9 Å². The molecule has 26 heavy (non-hydrogen) atoms. The Morgan fingerprint density at radius 2 is 1.88 bits per heavy atom. The van der Waals surface area contributed by atoms with Gasteiger partial charge in [-0.25, -0.2) is 4.68 Å². The number of aromatic nitrogens is 2. The Kier molecular flexibility index (Phi) is 5.34. The first-order valence-corrected chi connectivity index (χ1v) is 8.15. The highest BCUT2D eigenvalue weighted by molar-refractivity contribution is 5.92. The number of nitrogens with zero attached hydrogens (tertiary/aromatic N) is 1. The highest BCUT2D eigenvalue weighted by Gasteiger charge is 2.12. The third-order valence-electron chi connectivity index (χ3n) is 3.72. The van der Waals surface area contributed by atoms with Gasteiger partial charge in [-0.3, -0.25) is 14.7 Å². The van der Waals surface area contributed by atoms with Crippen LogP contribution in [-0.2, 0) is 11.2 Å². The zero-order valence-electron chi connectivity index (χ0n) is 14.1. The van der Waals surface area contributed by atoms with E-state index in [9.17, 15) is 9.59 Å². The molecular formula is C20H19N3O3. The third-order valence-corrected chi connectivity index (χ3v) is 3.72.